The number of benzene rings is 2. The quantitative estimate of drug-likeness (QED) is 0.598. The van der Waals surface area contributed by atoms with Crippen LogP contribution >= 0.6 is 11.6 Å². The molecule has 0 saturated heterocycles. The van der Waals surface area contributed by atoms with Crippen LogP contribution in [-0.4, -0.2) is 30.0 Å². The van der Waals surface area contributed by atoms with Gasteiger partial charge in [-0.25, -0.2) is 0 Å². The summed E-state index contributed by atoms with van der Waals surface area (Å²) in [5, 5.41) is 4.19. The number of ether oxygens (including phenoxy) is 1. The molecule has 0 fully saturated rings. The van der Waals surface area contributed by atoms with E-state index in [2.05, 4.69) is 5.32 Å². The molecule has 3 aromatic rings. The number of fused-ring (bicyclic) bond motifs is 5. The van der Waals surface area contributed by atoms with Crippen molar-refractivity contribution in [1.29, 1.82) is 0 Å². The molecule has 132 valence electrons. The van der Waals surface area contributed by atoms with Crippen molar-refractivity contribution in [1.82, 2.24) is 9.88 Å². The van der Waals surface area contributed by atoms with Crippen molar-refractivity contribution in [2.24, 2.45) is 0 Å². The van der Waals surface area contributed by atoms with E-state index in [4.69, 9.17) is 16.3 Å². The number of carbonyl (C=O) groups excluding carboxylic acids is 2. The monoisotopic (exact) mass is 368 g/mol. The van der Waals surface area contributed by atoms with Crippen molar-refractivity contribution in [3.63, 3.8) is 0 Å². The van der Waals surface area contributed by atoms with Gasteiger partial charge in [0, 0.05) is 30.0 Å². The van der Waals surface area contributed by atoms with Gasteiger partial charge >= 0.3 is 0 Å². The van der Waals surface area contributed by atoms with Crippen molar-refractivity contribution >= 4 is 34.3 Å². The molecule has 4 rings (SSSR count). The number of halogens is 1. The largest absolute Gasteiger partial charge is 0.495 e. The number of nitrogens with one attached hydrogen (secondary N) is 1. The van der Waals surface area contributed by atoms with Crippen molar-refractivity contribution in [3.8, 4) is 17.0 Å². The Labute approximate surface area is 155 Å². The first-order chi connectivity index (χ1) is 12.5. The first-order valence-corrected chi connectivity index (χ1v) is 8.70. The molecular formula is C20H17ClN2O3. The molecule has 26 heavy (non-hydrogen) atoms. The summed E-state index contributed by atoms with van der Waals surface area (Å²) in [7, 11) is 1.56. The van der Waals surface area contributed by atoms with Crippen LogP contribution in [0.2, 0.25) is 5.02 Å². The molecule has 0 saturated carbocycles. The number of rotatable bonds is 4. The molecule has 1 aliphatic heterocycles. The zero-order valence-electron chi connectivity index (χ0n) is 14.4. The fourth-order valence-corrected chi connectivity index (χ4v) is 3.85. The van der Waals surface area contributed by atoms with E-state index in [1.807, 2.05) is 30.3 Å². The van der Waals surface area contributed by atoms with E-state index in [0.717, 1.165) is 27.7 Å². The Morgan fingerprint density at radius 2 is 1.96 bits per heavy atom. The molecule has 1 N–H and O–H groups in total. The van der Waals surface area contributed by atoms with Gasteiger partial charge in [0.25, 0.3) is 5.91 Å². The minimum Gasteiger partial charge on any atom is -0.495 e. The first-order valence-electron chi connectivity index (χ1n) is 8.32. The van der Waals surface area contributed by atoms with E-state index in [9.17, 15) is 9.59 Å². The summed E-state index contributed by atoms with van der Waals surface area (Å²) < 4.78 is 7.07. The summed E-state index contributed by atoms with van der Waals surface area (Å²) in [6, 6.07) is 11.2. The number of hydrogen-bond donors (Lipinski definition) is 1. The van der Waals surface area contributed by atoms with E-state index < -0.39 is 0 Å². The predicted octanol–water partition coefficient (Wildman–Crippen LogP) is 3.65. The number of hydrogen-bond acceptors (Lipinski definition) is 3. The van der Waals surface area contributed by atoms with Crippen LogP contribution in [0.1, 0.15) is 22.8 Å². The lowest BCUT2D eigenvalue weighted by Gasteiger charge is -2.07. The minimum atomic E-state index is -0.0812. The maximum atomic E-state index is 13.0. The highest BCUT2D eigenvalue weighted by molar-refractivity contribution is 6.33. The summed E-state index contributed by atoms with van der Waals surface area (Å²) in [6.07, 6.45) is 0.602. The summed E-state index contributed by atoms with van der Waals surface area (Å²) in [4.78, 5) is 24.2. The van der Waals surface area contributed by atoms with Gasteiger partial charge in [0.2, 0.25) is 5.91 Å². The highest BCUT2D eigenvalue weighted by Gasteiger charge is 2.32. The second-order valence-corrected chi connectivity index (χ2v) is 6.66. The number of carbonyl (C=O) groups is 2. The molecule has 1 aromatic heterocycles. The summed E-state index contributed by atoms with van der Waals surface area (Å²) in [5.41, 5.74) is 4.21. The summed E-state index contributed by atoms with van der Waals surface area (Å²) >= 11 is 6.31. The molecule has 5 nitrogen and oxygen atoms in total. The van der Waals surface area contributed by atoms with E-state index in [1.165, 1.54) is 6.92 Å². The zero-order chi connectivity index (χ0) is 18.4. The third kappa shape index (κ3) is 2.39. The first kappa shape index (κ1) is 16.7. The summed E-state index contributed by atoms with van der Waals surface area (Å²) in [6.45, 7) is 1.98. The lowest BCUT2D eigenvalue weighted by atomic mass is 10.00. The van der Waals surface area contributed by atoms with Crippen molar-refractivity contribution < 1.29 is 14.3 Å². The molecule has 6 heteroatoms. The lowest BCUT2D eigenvalue weighted by Crippen LogP contribution is -2.22. The highest BCUT2D eigenvalue weighted by Crippen LogP contribution is 2.43. The molecule has 0 spiro atoms. The second-order valence-electron chi connectivity index (χ2n) is 6.25. The Balaban J connectivity index is 1.98. The highest BCUT2D eigenvalue weighted by atomic mass is 35.5. The topological polar surface area (TPSA) is 60.3 Å². The predicted molar refractivity (Wildman–Crippen MR) is 101 cm³/mol. The summed E-state index contributed by atoms with van der Waals surface area (Å²) in [5.74, 6) is 0.417. The van der Waals surface area contributed by atoms with Gasteiger partial charge < -0.3 is 10.1 Å². The van der Waals surface area contributed by atoms with Gasteiger partial charge in [-0.05, 0) is 30.2 Å². The molecule has 0 unspecified atom stereocenters. The van der Waals surface area contributed by atoms with Crippen molar-refractivity contribution in [3.05, 3.63) is 52.5 Å². The third-order valence-electron chi connectivity index (χ3n) is 4.71. The molecule has 2 aromatic carbocycles. The maximum Gasteiger partial charge on any atom is 0.263 e. The Morgan fingerprint density at radius 3 is 2.65 bits per heavy atom. The SMILES string of the molecule is COc1cc2c(CCNC(C)=O)c3n(c2cc1Cl)C(=O)c1ccccc1-3. The smallest absolute Gasteiger partial charge is 0.263 e. The van der Waals surface area contributed by atoms with Gasteiger partial charge in [-0.3, -0.25) is 14.2 Å². The van der Waals surface area contributed by atoms with Crippen LogP contribution in [0.3, 0.4) is 0 Å². The molecular weight excluding hydrogens is 352 g/mol. The van der Waals surface area contributed by atoms with Crippen molar-refractivity contribution in [2.75, 3.05) is 13.7 Å². The van der Waals surface area contributed by atoms with Crippen LogP contribution in [0.25, 0.3) is 22.2 Å². The van der Waals surface area contributed by atoms with Gasteiger partial charge in [0.1, 0.15) is 5.75 Å². The Bertz CT molecular complexity index is 1070. The molecule has 2 heterocycles. The van der Waals surface area contributed by atoms with Crippen molar-refractivity contribution in [2.45, 2.75) is 13.3 Å². The lowest BCUT2D eigenvalue weighted by molar-refractivity contribution is -0.118. The number of amides is 1. The normalized spacial score (nSPS) is 12.2. The van der Waals surface area contributed by atoms with Crippen LogP contribution in [0.4, 0.5) is 0 Å². The van der Waals surface area contributed by atoms with Gasteiger partial charge in [0.15, 0.2) is 0 Å². The van der Waals surface area contributed by atoms with E-state index in [0.29, 0.717) is 29.3 Å². The molecule has 0 bridgehead atoms. The Morgan fingerprint density at radius 1 is 1.23 bits per heavy atom. The van der Waals surface area contributed by atoms with Gasteiger partial charge in [0.05, 0.1) is 23.3 Å². The number of nitrogens with zero attached hydrogens (tertiary/aromatic N) is 1. The average molecular weight is 369 g/mol. The maximum absolute atomic E-state index is 13.0. The Kier molecular flexibility index (Phi) is 3.96. The van der Waals surface area contributed by atoms with Crippen LogP contribution in [-0.2, 0) is 11.2 Å². The second kappa shape index (κ2) is 6.18. The average Bonchev–Trinajstić information content (AvgIpc) is 3.08. The molecule has 0 radical (unpaired) electrons. The molecule has 0 atom stereocenters. The molecule has 1 amide bonds. The number of aromatic nitrogens is 1. The van der Waals surface area contributed by atoms with E-state index in [1.54, 1.807) is 17.7 Å². The standard InChI is InChI=1S/C20H17ClN2O3/c1-11(24)22-8-7-13-15-9-18(26-2)16(21)10-17(15)23-19(13)12-5-3-4-6-14(12)20(23)25/h3-6,9-10H,7-8H2,1-2H3,(H,22,24). The van der Waals surface area contributed by atoms with Crippen LogP contribution in [0.15, 0.2) is 36.4 Å². The Hall–Kier alpha value is -2.79. The van der Waals surface area contributed by atoms with Crippen LogP contribution < -0.4 is 10.1 Å². The fraction of sp³-hybridized carbons (Fsp3) is 0.200. The minimum absolute atomic E-state index is 0.0624. The fourth-order valence-electron chi connectivity index (χ4n) is 3.62. The van der Waals surface area contributed by atoms with E-state index >= 15 is 0 Å². The number of methoxy groups -OCH3 is 1. The van der Waals surface area contributed by atoms with E-state index in [-0.39, 0.29) is 11.8 Å². The van der Waals surface area contributed by atoms with Crippen LogP contribution in [0, 0.1) is 0 Å². The van der Waals surface area contributed by atoms with Gasteiger partial charge in [-0.15, -0.1) is 0 Å². The molecule has 0 aliphatic carbocycles. The van der Waals surface area contributed by atoms with Gasteiger partial charge in [-0.1, -0.05) is 29.8 Å². The van der Waals surface area contributed by atoms with Crippen LogP contribution in [0.5, 0.6) is 5.75 Å². The molecule has 1 aliphatic rings. The van der Waals surface area contributed by atoms with Gasteiger partial charge in [-0.2, -0.15) is 0 Å². The third-order valence-corrected chi connectivity index (χ3v) is 5.01. The zero-order valence-corrected chi connectivity index (χ0v) is 15.2.